The molecule has 0 aliphatic carbocycles. The zero-order chi connectivity index (χ0) is 45.8. The van der Waals surface area contributed by atoms with Gasteiger partial charge in [-0.05, 0) is 89.9 Å². The van der Waals surface area contributed by atoms with Crippen molar-refractivity contribution in [3.8, 4) is 0 Å². The smallest absolute Gasteiger partial charge is 0.310 e. The van der Waals surface area contributed by atoms with Crippen LogP contribution in [0.15, 0.2) is 122 Å². The molecule has 1 unspecified atom stereocenters. The maximum atomic E-state index is 12.7. The monoisotopic (exact) mass is 871 g/mol. The van der Waals surface area contributed by atoms with Crippen LogP contribution in [0.1, 0.15) is 201 Å². The number of ether oxygens (including phenoxy) is 3. The number of hydrogen-bond acceptors (Lipinski definition) is 6. The van der Waals surface area contributed by atoms with Crippen LogP contribution >= 0.6 is 0 Å². The van der Waals surface area contributed by atoms with Gasteiger partial charge in [-0.25, -0.2) is 0 Å². The molecule has 6 nitrogen and oxygen atoms in total. The number of rotatable bonds is 43. The van der Waals surface area contributed by atoms with Crippen molar-refractivity contribution in [1.29, 1.82) is 0 Å². The van der Waals surface area contributed by atoms with Crippen LogP contribution in [-0.2, 0) is 28.6 Å². The summed E-state index contributed by atoms with van der Waals surface area (Å²) in [5.41, 5.74) is 0. The van der Waals surface area contributed by atoms with Crippen LogP contribution in [0, 0.1) is 0 Å². The lowest BCUT2D eigenvalue weighted by molar-refractivity contribution is -0.166. The van der Waals surface area contributed by atoms with Crippen LogP contribution in [0.5, 0.6) is 0 Å². The van der Waals surface area contributed by atoms with Gasteiger partial charge < -0.3 is 14.2 Å². The summed E-state index contributed by atoms with van der Waals surface area (Å²) in [5, 5.41) is 0. The van der Waals surface area contributed by atoms with Crippen molar-refractivity contribution in [3.63, 3.8) is 0 Å². The molecule has 6 heteroatoms. The fourth-order valence-electron chi connectivity index (χ4n) is 6.31. The first-order valence-electron chi connectivity index (χ1n) is 25.0. The van der Waals surface area contributed by atoms with E-state index in [4.69, 9.17) is 14.2 Å². The zero-order valence-electron chi connectivity index (χ0n) is 40.3. The van der Waals surface area contributed by atoms with E-state index in [1.165, 1.54) is 38.5 Å². The fourth-order valence-corrected chi connectivity index (χ4v) is 6.31. The molecule has 0 amide bonds. The minimum absolute atomic E-state index is 0.0887. The Bertz CT molecular complexity index is 1370. The normalized spacial score (nSPS) is 13.1. The lowest BCUT2D eigenvalue weighted by Gasteiger charge is -2.18. The van der Waals surface area contributed by atoms with Gasteiger partial charge in [-0.3, -0.25) is 14.4 Å². The van der Waals surface area contributed by atoms with Crippen LogP contribution in [0.3, 0.4) is 0 Å². The molecule has 63 heavy (non-hydrogen) atoms. The average Bonchev–Trinajstić information content (AvgIpc) is 3.28. The molecule has 0 heterocycles. The molecule has 0 aromatic carbocycles. The van der Waals surface area contributed by atoms with Gasteiger partial charge in [-0.1, -0.05) is 213 Å². The van der Waals surface area contributed by atoms with E-state index in [1.807, 2.05) is 6.08 Å². The Balaban J connectivity index is 4.48. The molecule has 0 N–H and O–H groups in total. The van der Waals surface area contributed by atoms with Crippen molar-refractivity contribution in [2.75, 3.05) is 13.2 Å². The van der Waals surface area contributed by atoms with Gasteiger partial charge in [0, 0.05) is 12.8 Å². The van der Waals surface area contributed by atoms with Gasteiger partial charge >= 0.3 is 17.9 Å². The molecule has 0 saturated heterocycles. The number of carbonyl (C=O) groups is 3. The summed E-state index contributed by atoms with van der Waals surface area (Å²) < 4.78 is 16.6. The molecule has 0 rings (SSSR count). The van der Waals surface area contributed by atoms with Crippen LogP contribution in [0.4, 0.5) is 0 Å². The summed E-state index contributed by atoms with van der Waals surface area (Å²) in [4.78, 5) is 37.8. The summed E-state index contributed by atoms with van der Waals surface area (Å²) in [6.45, 7) is 6.26. The molecule has 0 aromatic heterocycles. The lowest BCUT2D eigenvalue weighted by Crippen LogP contribution is -2.30. The quantitative estimate of drug-likeness (QED) is 0.0263. The highest BCUT2D eigenvalue weighted by atomic mass is 16.6. The number of carbonyl (C=O) groups excluding carboxylic acids is 3. The molecule has 0 radical (unpaired) electrons. The van der Waals surface area contributed by atoms with Crippen LogP contribution in [-0.4, -0.2) is 37.2 Å². The lowest BCUT2D eigenvalue weighted by atomic mass is 10.1. The highest BCUT2D eigenvalue weighted by molar-refractivity contribution is 5.72. The predicted octanol–water partition coefficient (Wildman–Crippen LogP) is 16.5. The predicted molar refractivity (Wildman–Crippen MR) is 269 cm³/mol. The molecule has 0 fully saturated rings. The van der Waals surface area contributed by atoms with Gasteiger partial charge in [0.25, 0.3) is 0 Å². The van der Waals surface area contributed by atoms with Gasteiger partial charge in [0.2, 0.25) is 0 Å². The van der Waals surface area contributed by atoms with Crippen molar-refractivity contribution < 1.29 is 28.6 Å². The first kappa shape index (κ1) is 58.8. The Labute approximate surface area is 386 Å². The van der Waals surface area contributed by atoms with E-state index in [9.17, 15) is 14.4 Å². The van der Waals surface area contributed by atoms with E-state index in [2.05, 4.69) is 130 Å². The van der Waals surface area contributed by atoms with E-state index in [0.717, 1.165) is 116 Å². The minimum Gasteiger partial charge on any atom is -0.462 e. The first-order chi connectivity index (χ1) is 31.0. The fraction of sp³-hybridized carbons (Fsp3) is 0.596. The summed E-state index contributed by atoms with van der Waals surface area (Å²) in [7, 11) is 0. The van der Waals surface area contributed by atoms with E-state index < -0.39 is 12.1 Å². The van der Waals surface area contributed by atoms with E-state index in [0.29, 0.717) is 19.3 Å². The SMILES string of the molecule is CC/C=C\C/C=C\C/C=C\C/C=C\C/C=C\CCCCCCCC(=O)OCC(COC(=O)CCCCCCCCCCC)OC(=O)C/C=C\C/C=C\C/C=C\C/C=C\C/C=C\CC. The third-order valence-electron chi connectivity index (χ3n) is 9.99. The summed E-state index contributed by atoms with van der Waals surface area (Å²) >= 11 is 0. The Morgan fingerprint density at radius 1 is 0.349 bits per heavy atom. The average molecular weight is 871 g/mol. The number of allylic oxidation sites excluding steroid dienone is 19. The molecular formula is C57H90O6. The molecular weight excluding hydrogens is 781 g/mol. The highest BCUT2D eigenvalue weighted by Crippen LogP contribution is 2.12. The number of hydrogen-bond donors (Lipinski definition) is 0. The molecule has 354 valence electrons. The summed E-state index contributed by atoms with van der Waals surface area (Å²) in [6, 6.07) is 0. The van der Waals surface area contributed by atoms with Crippen LogP contribution < -0.4 is 0 Å². The van der Waals surface area contributed by atoms with Crippen molar-refractivity contribution in [3.05, 3.63) is 122 Å². The van der Waals surface area contributed by atoms with E-state index in [-0.39, 0.29) is 31.6 Å². The van der Waals surface area contributed by atoms with Gasteiger partial charge in [0.05, 0.1) is 6.42 Å². The summed E-state index contributed by atoms with van der Waals surface area (Å²) in [5.74, 6) is -1.09. The third kappa shape index (κ3) is 48.7. The first-order valence-corrected chi connectivity index (χ1v) is 25.0. The minimum atomic E-state index is -0.841. The van der Waals surface area contributed by atoms with Crippen molar-refractivity contribution >= 4 is 17.9 Å². The Morgan fingerprint density at radius 2 is 0.667 bits per heavy atom. The van der Waals surface area contributed by atoms with Crippen molar-refractivity contribution in [1.82, 2.24) is 0 Å². The summed E-state index contributed by atoms with van der Waals surface area (Å²) in [6.07, 6.45) is 69.3. The van der Waals surface area contributed by atoms with Gasteiger partial charge in [0.1, 0.15) is 13.2 Å². The Hall–Kier alpha value is -4.19. The second-order valence-electron chi connectivity index (χ2n) is 16.0. The van der Waals surface area contributed by atoms with Crippen LogP contribution in [0.25, 0.3) is 0 Å². The third-order valence-corrected chi connectivity index (χ3v) is 9.99. The topological polar surface area (TPSA) is 78.9 Å². The molecule has 0 spiro atoms. The van der Waals surface area contributed by atoms with Gasteiger partial charge in [-0.15, -0.1) is 0 Å². The standard InChI is InChI=1S/C57H90O6/c1-4-7-10-13-16-19-21-23-25-26-27-28-29-30-32-33-35-38-41-44-47-50-56(59)62-53-54(52-61-55(58)49-46-43-40-37-18-15-12-9-6-3)63-57(60)51-48-45-42-39-36-34-31-24-22-20-17-14-11-8-5-2/h7-8,10-11,16-17,19-20,23-25,27-28,30-32,36,39,45,48,54H,4-6,9,12-15,18,21-22,26,29,33-35,37-38,40-44,46-47,49-53H2,1-3H3/b10-7-,11-8-,19-16-,20-17-,25-23-,28-27-,31-24-,32-30-,39-36-,48-45-. The molecule has 0 bridgehead atoms. The second-order valence-corrected chi connectivity index (χ2v) is 16.0. The Morgan fingerprint density at radius 3 is 1.05 bits per heavy atom. The molecule has 0 aliphatic heterocycles. The van der Waals surface area contributed by atoms with Gasteiger partial charge in [-0.2, -0.15) is 0 Å². The maximum absolute atomic E-state index is 12.7. The maximum Gasteiger partial charge on any atom is 0.310 e. The highest BCUT2D eigenvalue weighted by Gasteiger charge is 2.19. The second kappa shape index (κ2) is 50.5. The molecule has 0 aliphatic rings. The largest absolute Gasteiger partial charge is 0.462 e. The van der Waals surface area contributed by atoms with E-state index in [1.54, 1.807) is 6.08 Å². The van der Waals surface area contributed by atoms with Crippen molar-refractivity contribution in [2.24, 2.45) is 0 Å². The Kier molecular flexibility index (Phi) is 47.1. The number of unbranched alkanes of at least 4 members (excludes halogenated alkanes) is 13. The zero-order valence-corrected chi connectivity index (χ0v) is 40.3. The molecule has 0 aromatic rings. The number of esters is 3. The molecule has 1 atom stereocenters. The van der Waals surface area contributed by atoms with Gasteiger partial charge in [0.15, 0.2) is 6.10 Å². The van der Waals surface area contributed by atoms with Crippen molar-refractivity contribution in [2.45, 2.75) is 207 Å². The molecule has 0 saturated carbocycles. The van der Waals surface area contributed by atoms with Crippen LogP contribution in [0.2, 0.25) is 0 Å². The van der Waals surface area contributed by atoms with E-state index >= 15 is 0 Å².